The van der Waals surface area contributed by atoms with Crippen molar-refractivity contribution in [2.24, 2.45) is 0 Å². The number of carbonyl (C=O) groups excluding carboxylic acids is 2. The summed E-state index contributed by atoms with van der Waals surface area (Å²) < 4.78 is 10.1. The molecule has 0 aromatic rings. The van der Waals surface area contributed by atoms with Crippen molar-refractivity contribution in [1.29, 1.82) is 0 Å². The molecule has 0 radical (unpaired) electrons. The standard InChI is InChI=1S/C11H10O4/c1-6-3-4-7-10(13)9(14-2)5-8(12)11(7)15-6/h3-6H,1-2H3. The average Bonchev–Trinajstić information content (AvgIpc) is 2.23. The monoisotopic (exact) mass is 206 g/mol. The fourth-order valence-electron chi connectivity index (χ4n) is 1.50. The molecule has 0 saturated carbocycles. The zero-order valence-electron chi connectivity index (χ0n) is 8.44. The van der Waals surface area contributed by atoms with E-state index in [0.29, 0.717) is 0 Å². The molecule has 1 unspecified atom stereocenters. The minimum atomic E-state index is -0.322. The number of ether oxygens (including phenoxy) is 2. The molecule has 15 heavy (non-hydrogen) atoms. The first kappa shape index (κ1) is 9.71. The Labute approximate surface area is 86.9 Å². The highest BCUT2D eigenvalue weighted by Gasteiger charge is 2.31. The Kier molecular flexibility index (Phi) is 2.19. The molecular weight excluding hydrogens is 196 g/mol. The van der Waals surface area contributed by atoms with Gasteiger partial charge in [-0.2, -0.15) is 0 Å². The van der Waals surface area contributed by atoms with Crippen LogP contribution in [0.25, 0.3) is 0 Å². The first-order valence-corrected chi connectivity index (χ1v) is 4.57. The molecular formula is C11H10O4. The molecule has 1 aliphatic carbocycles. The summed E-state index contributed by atoms with van der Waals surface area (Å²) in [6.07, 6.45) is 4.31. The van der Waals surface area contributed by atoms with Crippen LogP contribution >= 0.6 is 0 Å². The third-order valence-corrected chi connectivity index (χ3v) is 2.26. The van der Waals surface area contributed by atoms with Gasteiger partial charge in [0.2, 0.25) is 11.6 Å². The van der Waals surface area contributed by atoms with Gasteiger partial charge >= 0.3 is 0 Å². The summed E-state index contributed by atoms with van der Waals surface area (Å²) in [5.41, 5.74) is 0.275. The highest BCUT2D eigenvalue weighted by atomic mass is 16.5. The molecule has 1 aliphatic heterocycles. The van der Waals surface area contributed by atoms with Gasteiger partial charge in [-0.15, -0.1) is 0 Å². The lowest BCUT2D eigenvalue weighted by Crippen LogP contribution is -2.25. The largest absolute Gasteiger partial charge is 0.492 e. The maximum atomic E-state index is 11.7. The molecule has 0 spiro atoms. The molecule has 0 saturated heterocycles. The Balaban J connectivity index is 2.43. The Morgan fingerprint density at radius 2 is 2.13 bits per heavy atom. The minimum absolute atomic E-state index is 0.0570. The molecule has 0 N–H and O–H groups in total. The number of rotatable bonds is 1. The van der Waals surface area contributed by atoms with E-state index in [4.69, 9.17) is 9.47 Å². The summed E-state index contributed by atoms with van der Waals surface area (Å²) in [6.45, 7) is 1.80. The first-order chi connectivity index (χ1) is 7.13. The van der Waals surface area contributed by atoms with E-state index in [1.54, 1.807) is 19.1 Å². The quantitative estimate of drug-likeness (QED) is 0.598. The zero-order valence-corrected chi connectivity index (χ0v) is 8.44. The number of hydrogen-bond acceptors (Lipinski definition) is 4. The van der Waals surface area contributed by atoms with Crippen molar-refractivity contribution in [1.82, 2.24) is 0 Å². The molecule has 2 rings (SSSR count). The van der Waals surface area contributed by atoms with Gasteiger partial charge in [-0.3, -0.25) is 9.59 Å². The number of ketones is 2. The van der Waals surface area contributed by atoms with E-state index >= 15 is 0 Å². The predicted molar refractivity (Wildman–Crippen MR) is 51.8 cm³/mol. The van der Waals surface area contributed by atoms with Gasteiger partial charge in [0.15, 0.2) is 11.5 Å². The Hall–Kier alpha value is -1.84. The van der Waals surface area contributed by atoms with Crippen LogP contribution < -0.4 is 0 Å². The van der Waals surface area contributed by atoms with Gasteiger partial charge in [-0.05, 0) is 19.1 Å². The van der Waals surface area contributed by atoms with E-state index in [0.717, 1.165) is 6.08 Å². The molecule has 2 aliphatic rings. The molecule has 78 valence electrons. The lowest BCUT2D eigenvalue weighted by atomic mass is 9.97. The van der Waals surface area contributed by atoms with Gasteiger partial charge < -0.3 is 9.47 Å². The molecule has 0 amide bonds. The highest BCUT2D eigenvalue weighted by molar-refractivity contribution is 6.22. The van der Waals surface area contributed by atoms with Crippen LogP contribution in [-0.4, -0.2) is 24.8 Å². The lowest BCUT2D eigenvalue weighted by Gasteiger charge is -2.22. The highest BCUT2D eigenvalue weighted by Crippen LogP contribution is 2.26. The molecule has 0 aromatic heterocycles. The zero-order chi connectivity index (χ0) is 11.0. The van der Waals surface area contributed by atoms with E-state index in [1.165, 1.54) is 7.11 Å². The summed E-state index contributed by atoms with van der Waals surface area (Å²) in [5, 5.41) is 0. The normalized spacial score (nSPS) is 24.7. The van der Waals surface area contributed by atoms with E-state index in [9.17, 15) is 9.59 Å². The predicted octanol–water partition coefficient (Wildman–Crippen LogP) is 0.897. The molecule has 0 bridgehead atoms. The number of allylic oxidation sites excluding steroid dienone is 3. The third-order valence-electron chi connectivity index (χ3n) is 2.26. The molecule has 0 fully saturated rings. The van der Waals surface area contributed by atoms with Gasteiger partial charge in [0.25, 0.3) is 0 Å². The number of hydrogen-bond donors (Lipinski definition) is 0. The van der Waals surface area contributed by atoms with Crippen molar-refractivity contribution in [3.05, 3.63) is 35.3 Å². The lowest BCUT2D eigenvalue weighted by molar-refractivity contribution is -0.120. The topological polar surface area (TPSA) is 52.6 Å². The number of Topliss-reactive ketones (excluding diaryl/α,β-unsaturated/α-hetero) is 1. The van der Waals surface area contributed by atoms with Crippen LogP contribution in [0, 0.1) is 0 Å². The van der Waals surface area contributed by atoms with Crippen LogP contribution in [0.2, 0.25) is 0 Å². The summed E-state index contributed by atoms with van der Waals surface area (Å²) in [4.78, 5) is 23.3. The van der Waals surface area contributed by atoms with E-state index in [2.05, 4.69) is 0 Å². The fourth-order valence-corrected chi connectivity index (χ4v) is 1.50. The number of methoxy groups -OCH3 is 1. The van der Waals surface area contributed by atoms with E-state index < -0.39 is 0 Å². The van der Waals surface area contributed by atoms with Crippen LogP contribution in [0.5, 0.6) is 0 Å². The molecule has 1 atom stereocenters. The smallest absolute Gasteiger partial charge is 0.231 e. The summed E-state index contributed by atoms with van der Waals surface area (Å²) in [7, 11) is 1.36. The van der Waals surface area contributed by atoms with Crippen molar-refractivity contribution < 1.29 is 19.1 Å². The first-order valence-electron chi connectivity index (χ1n) is 4.57. The average molecular weight is 206 g/mol. The summed E-state index contributed by atoms with van der Waals surface area (Å²) in [6, 6.07) is 0. The second-order valence-corrected chi connectivity index (χ2v) is 3.33. The van der Waals surface area contributed by atoms with Gasteiger partial charge in [0, 0.05) is 6.08 Å². The van der Waals surface area contributed by atoms with Gasteiger partial charge in [-0.1, -0.05) is 0 Å². The van der Waals surface area contributed by atoms with Crippen molar-refractivity contribution in [3.8, 4) is 0 Å². The van der Waals surface area contributed by atoms with Crippen molar-refractivity contribution in [3.63, 3.8) is 0 Å². The van der Waals surface area contributed by atoms with Crippen molar-refractivity contribution in [2.75, 3.05) is 7.11 Å². The van der Waals surface area contributed by atoms with Crippen LogP contribution in [0.1, 0.15) is 6.92 Å². The molecule has 4 heteroatoms. The minimum Gasteiger partial charge on any atom is -0.492 e. The SMILES string of the molecule is COC1=CC(=O)C2=C(C=CC(C)O2)C1=O. The third kappa shape index (κ3) is 1.48. The van der Waals surface area contributed by atoms with Crippen LogP contribution in [0.15, 0.2) is 35.3 Å². The summed E-state index contributed by atoms with van der Waals surface area (Å²) >= 11 is 0. The van der Waals surface area contributed by atoms with Crippen molar-refractivity contribution in [2.45, 2.75) is 13.0 Å². The summed E-state index contributed by atoms with van der Waals surface area (Å²) in [5.74, 6) is -0.453. The number of carbonyl (C=O) groups is 2. The Morgan fingerprint density at radius 1 is 1.40 bits per heavy atom. The van der Waals surface area contributed by atoms with Gasteiger partial charge in [-0.25, -0.2) is 0 Å². The van der Waals surface area contributed by atoms with Crippen LogP contribution in [-0.2, 0) is 19.1 Å². The second-order valence-electron chi connectivity index (χ2n) is 3.33. The van der Waals surface area contributed by atoms with E-state index in [-0.39, 0.29) is 34.8 Å². The molecule has 4 nitrogen and oxygen atoms in total. The van der Waals surface area contributed by atoms with Gasteiger partial charge in [0.05, 0.1) is 12.7 Å². The van der Waals surface area contributed by atoms with Crippen LogP contribution in [0.4, 0.5) is 0 Å². The van der Waals surface area contributed by atoms with Crippen molar-refractivity contribution >= 4 is 11.6 Å². The van der Waals surface area contributed by atoms with E-state index in [1.807, 2.05) is 0 Å². The Bertz CT molecular complexity index is 426. The Morgan fingerprint density at radius 3 is 2.80 bits per heavy atom. The maximum absolute atomic E-state index is 11.7. The fraction of sp³-hybridized carbons (Fsp3) is 0.273. The van der Waals surface area contributed by atoms with Gasteiger partial charge in [0.1, 0.15) is 6.10 Å². The maximum Gasteiger partial charge on any atom is 0.231 e. The van der Waals surface area contributed by atoms with Crippen LogP contribution in [0.3, 0.4) is 0 Å². The molecule has 0 aromatic carbocycles. The second kappa shape index (κ2) is 3.38. The molecule has 1 heterocycles.